The summed E-state index contributed by atoms with van der Waals surface area (Å²) in [6, 6.07) is 1.68. The molecule has 27 heavy (non-hydrogen) atoms. The van der Waals surface area contributed by atoms with E-state index in [-0.39, 0.29) is 11.6 Å². The number of amides is 2. The molecule has 1 rings (SSSR count). The average molecular weight is 379 g/mol. The van der Waals surface area contributed by atoms with Gasteiger partial charge >= 0.3 is 6.09 Å². The maximum absolute atomic E-state index is 12.1. The third-order valence-electron chi connectivity index (χ3n) is 3.53. The van der Waals surface area contributed by atoms with Crippen LogP contribution in [0.15, 0.2) is 18.7 Å². The number of anilines is 3. The molecule has 0 aromatic carbocycles. The molecule has 1 aromatic heterocycles. The number of hydrogen-bond acceptors (Lipinski definition) is 7. The van der Waals surface area contributed by atoms with Crippen molar-refractivity contribution in [1.82, 2.24) is 9.88 Å². The van der Waals surface area contributed by atoms with E-state index in [4.69, 9.17) is 15.2 Å². The highest BCUT2D eigenvalue weighted by Crippen LogP contribution is 2.31. The third kappa shape index (κ3) is 6.69. The predicted octanol–water partition coefficient (Wildman–Crippen LogP) is 2.10. The normalized spacial score (nSPS) is 10.7. The van der Waals surface area contributed by atoms with Crippen LogP contribution in [-0.4, -0.2) is 61.8 Å². The first-order chi connectivity index (χ1) is 12.5. The van der Waals surface area contributed by atoms with Crippen LogP contribution in [0.5, 0.6) is 5.75 Å². The molecule has 9 heteroatoms. The van der Waals surface area contributed by atoms with E-state index in [0.717, 1.165) is 6.08 Å². The number of nitrogens with zero attached hydrogens (tertiary/aromatic N) is 3. The Morgan fingerprint density at radius 3 is 2.48 bits per heavy atom. The fourth-order valence-corrected chi connectivity index (χ4v) is 2.07. The second-order valence-corrected chi connectivity index (χ2v) is 6.96. The molecule has 0 fully saturated rings. The largest absolute Gasteiger partial charge is 0.493 e. The molecule has 0 aliphatic heterocycles. The molecule has 9 nitrogen and oxygen atoms in total. The number of likely N-dealkylation sites (N-methyl/N-ethyl adjacent to an activating group) is 2. The number of ether oxygens (including phenoxy) is 2. The summed E-state index contributed by atoms with van der Waals surface area (Å²) in [6.45, 7) is 9.72. The molecule has 0 spiro atoms. The van der Waals surface area contributed by atoms with Gasteiger partial charge in [0.1, 0.15) is 5.60 Å². The van der Waals surface area contributed by atoms with Crippen molar-refractivity contribution in [2.24, 2.45) is 0 Å². The highest BCUT2D eigenvalue weighted by atomic mass is 16.6. The molecule has 3 N–H and O–H groups in total. The van der Waals surface area contributed by atoms with Crippen molar-refractivity contribution in [3.63, 3.8) is 0 Å². The number of rotatable bonds is 7. The molecular formula is C18H29N5O4. The Hall–Kier alpha value is -2.97. The Kier molecular flexibility index (Phi) is 7.45. The first kappa shape index (κ1) is 22.1. The zero-order chi connectivity index (χ0) is 20.8. The highest BCUT2D eigenvalue weighted by molar-refractivity contribution is 6.00. The zero-order valence-electron chi connectivity index (χ0n) is 16.8. The fraction of sp³-hybridized carbons (Fsp3) is 0.500. The molecule has 0 unspecified atom stereocenters. The lowest BCUT2D eigenvalue weighted by molar-refractivity contribution is -0.111. The molecule has 0 atom stereocenters. The number of hydrogen-bond donors (Lipinski definition) is 2. The number of pyridine rings is 1. The maximum atomic E-state index is 12.1. The molecule has 0 saturated carbocycles. The third-order valence-corrected chi connectivity index (χ3v) is 3.53. The average Bonchev–Trinajstić information content (AvgIpc) is 2.57. The number of carbonyl (C=O) groups excluding carboxylic acids is 2. The lowest BCUT2D eigenvalue weighted by Crippen LogP contribution is -2.38. The summed E-state index contributed by atoms with van der Waals surface area (Å²) < 4.78 is 10.5. The van der Waals surface area contributed by atoms with E-state index in [1.165, 1.54) is 12.0 Å². The van der Waals surface area contributed by atoms with Crippen molar-refractivity contribution >= 4 is 29.3 Å². The van der Waals surface area contributed by atoms with Crippen molar-refractivity contribution in [3.8, 4) is 5.75 Å². The monoisotopic (exact) mass is 379 g/mol. The molecule has 0 bridgehead atoms. The Morgan fingerprint density at radius 2 is 1.96 bits per heavy atom. The highest BCUT2D eigenvalue weighted by Gasteiger charge is 2.21. The van der Waals surface area contributed by atoms with E-state index in [1.807, 2.05) is 25.7 Å². The number of carbonyl (C=O) groups is 2. The summed E-state index contributed by atoms with van der Waals surface area (Å²) in [6.07, 6.45) is 0.728. The van der Waals surface area contributed by atoms with E-state index in [2.05, 4.69) is 16.9 Å². The SMILES string of the molecule is C=CC(=O)Nc1nc(N)c(OC)cc1N(C)CCN(C)C(=O)OC(C)(C)C. The van der Waals surface area contributed by atoms with E-state index < -0.39 is 17.6 Å². The van der Waals surface area contributed by atoms with Crippen LogP contribution in [0.3, 0.4) is 0 Å². The molecule has 150 valence electrons. The quantitative estimate of drug-likeness (QED) is 0.698. The van der Waals surface area contributed by atoms with Gasteiger partial charge in [-0.1, -0.05) is 6.58 Å². The van der Waals surface area contributed by atoms with Crippen molar-refractivity contribution in [2.75, 3.05) is 50.2 Å². The second-order valence-electron chi connectivity index (χ2n) is 6.96. The first-order valence-electron chi connectivity index (χ1n) is 8.41. The molecule has 2 amide bonds. The molecule has 0 saturated heterocycles. The van der Waals surface area contributed by atoms with E-state index in [1.54, 1.807) is 20.2 Å². The minimum absolute atomic E-state index is 0.153. The van der Waals surface area contributed by atoms with E-state index in [0.29, 0.717) is 24.5 Å². The number of methoxy groups -OCH3 is 1. The van der Waals surface area contributed by atoms with E-state index >= 15 is 0 Å². The Balaban J connectivity index is 2.94. The van der Waals surface area contributed by atoms with Crippen LogP contribution in [0.4, 0.5) is 22.1 Å². The Labute approximate surface area is 160 Å². The van der Waals surface area contributed by atoms with Crippen LogP contribution >= 0.6 is 0 Å². The predicted molar refractivity (Wildman–Crippen MR) is 106 cm³/mol. The zero-order valence-corrected chi connectivity index (χ0v) is 16.8. The van der Waals surface area contributed by atoms with Crippen LogP contribution in [0.25, 0.3) is 0 Å². The minimum atomic E-state index is -0.562. The van der Waals surface area contributed by atoms with Gasteiger partial charge in [0, 0.05) is 33.3 Å². The van der Waals surface area contributed by atoms with Gasteiger partial charge < -0.3 is 30.3 Å². The second kappa shape index (κ2) is 9.11. The number of nitrogen functional groups attached to an aromatic ring is 1. The molecule has 0 radical (unpaired) electrons. The topological polar surface area (TPSA) is 110 Å². The van der Waals surface area contributed by atoms with Gasteiger partial charge in [-0.05, 0) is 26.8 Å². The van der Waals surface area contributed by atoms with Gasteiger partial charge in [0.15, 0.2) is 17.4 Å². The Morgan fingerprint density at radius 1 is 1.33 bits per heavy atom. The van der Waals surface area contributed by atoms with Gasteiger partial charge in [-0.2, -0.15) is 0 Å². The summed E-state index contributed by atoms with van der Waals surface area (Å²) in [5, 5.41) is 2.62. The lowest BCUT2D eigenvalue weighted by Gasteiger charge is -2.27. The molecule has 1 heterocycles. The van der Waals surface area contributed by atoms with Gasteiger partial charge in [-0.15, -0.1) is 0 Å². The van der Waals surface area contributed by atoms with E-state index in [9.17, 15) is 9.59 Å². The number of nitrogens with one attached hydrogen (secondary N) is 1. The standard InChI is InChI=1S/C18H29N5O4/c1-8-14(24)20-16-12(11-13(26-7)15(19)21-16)22(5)9-10-23(6)17(25)27-18(2,3)4/h8,11H,1,9-10H2,2-7H3,(H3,19,20,21,24). The Bertz CT molecular complexity index is 700. The summed E-state index contributed by atoms with van der Waals surface area (Å²) in [5.41, 5.74) is 5.87. The molecule has 0 aliphatic rings. The van der Waals surface area contributed by atoms with Crippen molar-refractivity contribution in [2.45, 2.75) is 26.4 Å². The van der Waals surface area contributed by atoms with Crippen LogP contribution in [0.2, 0.25) is 0 Å². The van der Waals surface area contributed by atoms with Crippen molar-refractivity contribution in [3.05, 3.63) is 18.7 Å². The van der Waals surface area contributed by atoms with Gasteiger partial charge in [0.05, 0.1) is 12.8 Å². The van der Waals surface area contributed by atoms with Crippen LogP contribution in [0, 0.1) is 0 Å². The molecule has 1 aromatic rings. The molecular weight excluding hydrogens is 350 g/mol. The lowest BCUT2D eigenvalue weighted by atomic mass is 10.2. The van der Waals surface area contributed by atoms with Gasteiger partial charge in [0.2, 0.25) is 5.91 Å². The van der Waals surface area contributed by atoms with Crippen molar-refractivity contribution < 1.29 is 19.1 Å². The van der Waals surface area contributed by atoms with Crippen LogP contribution in [0.1, 0.15) is 20.8 Å². The number of nitrogens with two attached hydrogens (primary N) is 1. The molecule has 0 aliphatic carbocycles. The summed E-state index contributed by atoms with van der Waals surface area (Å²) in [7, 11) is 4.94. The summed E-state index contributed by atoms with van der Waals surface area (Å²) in [4.78, 5) is 31.2. The van der Waals surface area contributed by atoms with Gasteiger partial charge in [-0.25, -0.2) is 9.78 Å². The van der Waals surface area contributed by atoms with Crippen LogP contribution < -0.4 is 20.7 Å². The smallest absolute Gasteiger partial charge is 0.410 e. The summed E-state index contributed by atoms with van der Waals surface area (Å²) >= 11 is 0. The minimum Gasteiger partial charge on any atom is -0.493 e. The number of aromatic nitrogens is 1. The van der Waals surface area contributed by atoms with Crippen LogP contribution in [-0.2, 0) is 9.53 Å². The van der Waals surface area contributed by atoms with Crippen molar-refractivity contribution in [1.29, 1.82) is 0 Å². The fourth-order valence-electron chi connectivity index (χ4n) is 2.07. The van der Waals surface area contributed by atoms with Gasteiger partial charge in [0.25, 0.3) is 0 Å². The first-order valence-corrected chi connectivity index (χ1v) is 8.41. The summed E-state index contributed by atoms with van der Waals surface area (Å²) in [5.74, 6) is 0.405. The van der Waals surface area contributed by atoms with Gasteiger partial charge in [-0.3, -0.25) is 4.79 Å². The maximum Gasteiger partial charge on any atom is 0.410 e.